The molecular weight excluding hydrogens is 389 g/mol. The quantitative estimate of drug-likeness (QED) is 0.759. The van der Waals surface area contributed by atoms with E-state index in [9.17, 15) is 18.0 Å². The summed E-state index contributed by atoms with van der Waals surface area (Å²) in [4.78, 5) is 16.3. The SMILES string of the molecule is CCOc1cccc2c1OCC(C(=O)NCc1cccnc1OCC(F)(F)F)=C2. The fraction of sp³-hybridized carbons (Fsp3) is 0.300. The molecule has 0 bridgehead atoms. The Morgan fingerprint density at radius 1 is 1.24 bits per heavy atom. The van der Waals surface area contributed by atoms with E-state index in [2.05, 4.69) is 10.3 Å². The summed E-state index contributed by atoms with van der Waals surface area (Å²) in [5.41, 5.74) is 1.43. The molecule has 0 unspecified atom stereocenters. The van der Waals surface area contributed by atoms with E-state index in [1.807, 2.05) is 6.92 Å². The largest absolute Gasteiger partial charge is 0.490 e. The van der Waals surface area contributed by atoms with Gasteiger partial charge in [-0.3, -0.25) is 4.79 Å². The highest BCUT2D eigenvalue weighted by molar-refractivity contribution is 5.99. The van der Waals surface area contributed by atoms with Crippen molar-refractivity contribution in [2.24, 2.45) is 0 Å². The first kappa shape index (κ1) is 20.5. The van der Waals surface area contributed by atoms with Crippen LogP contribution in [0.5, 0.6) is 17.4 Å². The first-order chi connectivity index (χ1) is 13.9. The molecule has 1 aromatic carbocycles. The number of nitrogens with one attached hydrogen (secondary N) is 1. The van der Waals surface area contributed by atoms with E-state index in [0.29, 0.717) is 34.8 Å². The molecule has 6 nitrogen and oxygen atoms in total. The van der Waals surface area contributed by atoms with Crippen molar-refractivity contribution in [1.29, 1.82) is 0 Å². The van der Waals surface area contributed by atoms with Gasteiger partial charge in [0.2, 0.25) is 5.88 Å². The smallest absolute Gasteiger partial charge is 0.422 e. The Morgan fingerprint density at radius 2 is 2.07 bits per heavy atom. The van der Waals surface area contributed by atoms with Gasteiger partial charge >= 0.3 is 6.18 Å². The van der Waals surface area contributed by atoms with Crippen molar-refractivity contribution in [2.45, 2.75) is 19.6 Å². The molecule has 0 aliphatic carbocycles. The van der Waals surface area contributed by atoms with E-state index in [-0.39, 0.29) is 19.0 Å². The second-order valence-corrected chi connectivity index (χ2v) is 6.12. The van der Waals surface area contributed by atoms with Crippen molar-refractivity contribution >= 4 is 12.0 Å². The minimum absolute atomic E-state index is 0.0386. The zero-order valence-corrected chi connectivity index (χ0v) is 15.6. The third-order valence-electron chi connectivity index (χ3n) is 3.96. The second-order valence-electron chi connectivity index (χ2n) is 6.12. The number of amides is 1. The number of hydrogen-bond acceptors (Lipinski definition) is 5. The van der Waals surface area contributed by atoms with Gasteiger partial charge in [-0.05, 0) is 25.1 Å². The average Bonchev–Trinajstić information content (AvgIpc) is 2.70. The van der Waals surface area contributed by atoms with E-state index in [0.717, 1.165) is 0 Å². The van der Waals surface area contributed by atoms with Crippen LogP contribution in [0.4, 0.5) is 13.2 Å². The number of para-hydroxylation sites is 1. The molecule has 1 aliphatic heterocycles. The molecule has 0 saturated heterocycles. The first-order valence-electron chi connectivity index (χ1n) is 8.88. The number of benzene rings is 1. The van der Waals surface area contributed by atoms with Gasteiger partial charge in [-0.2, -0.15) is 13.2 Å². The molecule has 1 aromatic heterocycles. The van der Waals surface area contributed by atoms with E-state index >= 15 is 0 Å². The summed E-state index contributed by atoms with van der Waals surface area (Å²) in [6.07, 6.45) is -1.46. The van der Waals surface area contributed by atoms with Crippen LogP contribution in [0.1, 0.15) is 18.1 Å². The van der Waals surface area contributed by atoms with E-state index in [1.165, 1.54) is 12.3 Å². The summed E-state index contributed by atoms with van der Waals surface area (Å²) in [7, 11) is 0. The molecule has 9 heteroatoms. The van der Waals surface area contributed by atoms with Crippen LogP contribution in [0.25, 0.3) is 6.08 Å². The molecule has 2 aromatic rings. The maximum absolute atomic E-state index is 12.5. The molecule has 1 amide bonds. The van der Waals surface area contributed by atoms with Crippen molar-refractivity contribution in [3.05, 3.63) is 53.2 Å². The Morgan fingerprint density at radius 3 is 2.83 bits per heavy atom. The predicted octanol–water partition coefficient (Wildman–Crippen LogP) is 3.51. The molecule has 29 heavy (non-hydrogen) atoms. The molecule has 2 heterocycles. The van der Waals surface area contributed by atoms with Crippen LogP contribution in [0, 0.1) is 0 Å². The molecule has 0 fully saturated rings. The Kier molecular flexibility index (Phi) is 6.26. The van der Waals surface area contributed by atoms with Crippen LogP contribution in [0.3, 0.4) is 0 Å². The van der Waals surface area contributed by atoms with Crippen molar-refractivity contribution in [2.75, 3.05) is 19.8 Å². The zero-order chi connectivity index (χ0) is 20.9. The van der Waals surface area contributed by atoms with Crippen LogP contribution in [0.2, 0.25) is 0 Å². The number of alkyl halides is 3. The number of carbonyl (C=O) groups is 1. The number of nitrogens with zero attached hydrogens (tertiary/aromatic N) is 1. The summed E-state index contributed by atoms with van der Waals surface area (Å²) >= 11 is 0. The van der Waals surface area contributed by atoms with Crippen molar-refractivity contribution < 1.29 is 32.2 Å². The Labute approximate surface area is 165 Å². The third kappa shape index (κ3) is 5.40. The van der Waals surface area contributed by atoms with Crippen molar-refractivity contribution in [3.63, 3.8) is 0 Å². The van der Waals surface area contributed by atoms with Crippen LogP contribution in [0.15, 0.2) is 42.1 Å². The number of hydrogen-bond donors (Lipinski definition) is 1. The van der Waals surface area contributed by atoms with E-state index < -0.39 is 18.7 Å². The molecule has 3 rings (SSSR count). The van der Waals surface area contributed by atoms with Crippen LogP contribution < -0.4 is 19.5 Å². The normalized spacial score (nSPS) is 13.0. The average molecular weight is 408 g/mol. The number of aromatic nitrogens is 1. The van der Waals surface area contributed by atoms with Gasteiger partial charge in [-0.15, -0.1) is 0 Å². The Bertz CT molecular complexity index is 913. The standard InChI is InChI=1S/C20H19F3N2O4/c1-2-27-16-7-3-5-13-9-15(11-28-17(13)16)18(26)25-10-14-6-4-8-24-19(14)29-12-20(21,22)23/h3-9H,2,10-12H2,1H3,(H,25,26). The highest BCUT2D eigenvalue weighted by Crippen LogP contribution is 2.35. The van der Waals surface area contributed by atoms with Gasteiger partial charge in [0.25, 0.3) is 5.91 Å². The summed E-state index contributed by atoms with van der Waals surface area (Å²) in [5, 5.41) is 2.66. The van der Waals surface area contributed by atoms with E-state index in [1.54, 1.807) is 30.3 Å². The molecule has 1 aliphatic rings. The van der Waals surface area contributed by atoms with E-state index in [4.69, 9.17) is 14.2 Å². The third-order valence-corrected chi connectivity index (χ3v) is 3.96. The van der Waals surface area contributed by atoms with Crippen molar-refractivity contribution in [3.8, 4) is 17.4 Å². The fourth-order valence-electron chi connectivity index (χ4n) is 2.71. The lowest BCUT2D eigenvalue weighted by molar-refractivity contribution is -0.154. The van der Waals surface area contributed by atoms with Crippen molar-refractivity contribution in [1.82, 2.24) is 10.3 Å². The Hall–Kier alpha value is -3.23. The maximum atomic E-state index is 12.5. The molecule has 0 radical (unpaired) electrons. The predicted molar refractivity (Wildman–Crippen MR) is 98.7 cm³/mol. The molecule has 0 spiro atoms. The van der Waals surface area contributed by atoms with Gasteiger partial charge < -0.3 is 19.5 Å². The highest BCUT2D eigenvalue weighted by Gasteiger charge is 2.29. The van der Waals surface area contributed by atoms with Gasteiger partial charge in [0.05, 0.1) is 12.2 Å². The first-order valence-corrected chi connectivity index (χ1v) is 8.88. The number of pyridine rings is 1. The van der Waals surface area contributed by atoms with Gasteiger partial charge in [0.1, 0.15) is 6.61 Å². The Balaban J connectivity index is 1.67. The number of fused-ring (bicyclic) bond motifs is 1. The molecular formula is C20H19F3N2O4. The number of ether oxygens (including phenoxy) is 3. The summed E-state index contributed by atoms with van der Waals surface area (Å²) in [6.45, 7) is 0.905. The monoisotopic (exact) mass is 408 g/mol. The summed E-state index contributed by atoms with van der Waals surface area (Å²) < 4.78 is 53.0. The minimum Gasteiger partial charge on any atom is -0.490 e. The van der Waals surface area contributed by atoms with Crippen LogP contribution in [-0.2, 0) is 11.3 Å². The zero-order valence-electron chi connectivity index (χ0n) is 15.6. The molecule has 0 saturated carbocycles. The summed E-state index contributed by atoms with van der Waals surface area (Å²) in [6, 6.07) is 8.47. The number of halogens is 3. The van der Waals surface area contributed by atoms with Gasteiger partial charge in [0.15, 0.2) is 18.1 Å². The molecule has 1 N–H and O–H groups in total. The lowest BCUT2D eigenvalue weighted by Crippen LogP contribution is -2.29. The minimum atomic E-state index is -4.48. The highest BCUT2D eigenvalue weighted by atomic mass is 19.4. The fourth-order valence-corrected chi connectivity index (χ4v) is 2.71. The maximum Gasteiger partial charge on any atom is 0.422 e. The molecule has 154 valence electrons. The topological polar surface area (TPSA) is 69.7 Å². The second kappa shape index (κ2) is 8.85. The number of rotatable bonds is 7. The van der Waals surface area contributed by atoms with Gasteiger partial charge in [-0.25, -0.2) is 4.98 Å². The summed E-state index contributed by atoms with van der Waals surface area (Å²) in [5.74, 6) is 0.595. The number of carbonyl (C=O) groups excluding carboxylic acids is 1. The lowest BCUT2D eigenvalue weighted by atomic mass is 10.1. The van der Waals surface area contributed by atoms with Crippen LogP contribution >= 0.6 is 0 Å². The van der Waals surface area contributed by atoms with Gasteiger partial charge in [-0.1, -0.05) is 18.2 Å². The molecule has 0 atom stereocenters. The van der Waals surface area contributed by atoms with Crippen LogP contribution in [-0.4, -0.2) is 36.9 Å². The van der Waals surface area contributed by atoms with Gasteiger partial charge in [0, 0.05) is 23.9 Å². The lowest BCUT2D eigenvalue weighted by Gasteiger charge is -2.20.